The van der Waals surface area contributed by atoms with E-state index in [9.17, 15) is 9.59 Å². The lowest BCUT2D eigenvalue weighted by molar-refractivity contribution is -0.135. The molecule has 0 atom stereocenters. The monoisotopic (exact) mass is 823 g/mol. The lowest BCUT2D eigenvalue weighted by Gasteiger charge is -2.07. The van der Waals surface area contributed by atoms with Gasteiger partial charge in [0.2, 0.25) is 0 Å². The van der Waals surface area contributed by atoms with Crippen LogP contribution in [0.3, 0.4) is 0 Å². The highest BCUT2D eigenvalue weighted by Crippen LogP contribution is 2.20. The van der Waals surface area contributed by atoms with Gasteiger partial charge in [-0.25, -0.2) is 0 Å². The van der Waals surface area contributed by atoms with Crippen LogP contribution in [-0.4, -0.2) is 11.9 Å². The molecule has 1 aromatic carbocycles. The Bertz CT molecular complexity index is 1300. The molecule has 0 aromatic heterocycles. The smallest absolute Gasteiger partial charge is 0.311 e. The molecule has 0 unspecified atom stereocenters. The van der Waals surface area contributed by atoms with Gasteiger partial charge in [-0.2, -0.15) is 0 Å². The molecule has 60 heavy (non-hydrogen) atoms. The Hall–Kier alpha value is -3.60. The van der Waals surface area contributed by atoms with Crippen LogP contribution in [0, 0.1) is 47.4 Å². The van der Waals surface area contributed by atoms with Gasteiger partial charge < -0.3 is 9.47 Å². The molecule has 1 aromatic rings. The molecule has 0 fully saturated rings. The Morgan fingerprint density at radius 1 is 0.333 bits per heavy atom. The average molecular weight is 823 g/mol. The molecule has 0 bridgehead atoms. The van der Waals surface area contributed by atoms with Crippen LogP contribution in [-0.2, 0) is 9.59 Å². The SMILES string of the molecule is CCCCCCCCCCCCC#CC#CCCCCCCCCC(=O)Oc1ccc(OC(=O)CCCCCCCCC#CC#CCCCCCCCCCCCC)cc1. The summed E-state index contributed by atoms with van der Waals surface area (Å²) < 4.78 is 11.0. The summed E-state index contributed by atoms with van der Waals surface area (Å²) in [4.78, 5) is 24.6. The molecule has 0 aliphatic heterocycles. The topological polar surface area (TPSA) is 52.6 Å². The van der Waals surface area contributed by atoms with Gasteiger partial charge in [-0.3, -0.25) is 9.59 Å². The van der Waals surface area contributed by atoms with Gasteiger partial charge in [-0.15, -0.1) is 0 Å². The summed E-state index contributed by atoms with van der Waals surface area (Å²) in [6.07, 6.45) is 44.4. The number of esters is 2. The van der Waals surface area contributed by atoms with E-state index in [1.54, 1.807) is 24.3 Å². The highest BCUT2D eigenvalue weighted by molar-refractivity contribution is 5.73. The van der Waals surface area contributed by atoms with E-state index in [-0.39, 0.29) is 11.9 Å². The second-order valence-corrected chi connectivity index (χ2v) is 16.7. The Morgan fingerprint density at radius 2 is 0.550 bits per heavy atom. The predicted octanol–water partition coefficient (Wildman–Crippen LogP) is 16.4. The molecule has 0 amide bonds. The molecule has 4 nitrogen and oxygen atoms in total. The zero-order valence-electron chi connectivity index (χ0n) is 38.8. The number of benzene rings is 1. The highest BCUT2D eigenvalue weighted by Gasteiger charge is 2.08. The van der Waals surface area contributed by atoms with Crippen molar-refractivity contribution in [2.24, 2.45) is 0 Å². The van der Waals surface area contributed by atoms with Gasteiger partial charge in [0.1, 0.15) is 11.5 Å². The predicted molar refractivity (Wildman–Crippen MR) is 256 cm³/mol. The minimum Gasteiger partial charge on any atom is -0.427 e. The van der Waals surface area contributed by atoms with Crippen molar-refractivity contribution in [3.8, 4) is 58.9 Å². The molecule has 0 N–H and O–H groups in total. The van der Waals surface area contributed by atoms with E-state index in [2.05, 4.69) is 61.2 Å². The number of hydrogen-bond acceptors (Lipinski definition) is 4. The first-order valence-corrected chi connectivity index (χ1v) is 25.1. The molecule has 0 saturated carbocycles. The third kappa shape index (κ3) is 39.8. The van der Waals surface area contributed by atoms with Crippen LogP contribution in [0.15, 0.2) is 24.3 Å². The fraction of sp³-hybridized carbons (Fsp3) is 0.714. The zero-order valence-corrected chi connectivity index (χ0v) is 38.8. The third-order valence-electron chi connectivity index (χ3n) is 10.9. The van der Waals surface area contributed by atoms with Crippen LogP contribution < -0.4 is 9.47 Å². The van der Waals surface area contributed by atoms with Crippen LogP contribution in [0.25, 0.3) is 0 Å². The summed E-state index contributed by atoms with van der Waals surface area (Å²) in [5.41, 5.74) is 0. The van der Waals surface area contributed by atoms with Crippen molar-refractivity contribution in [2.45, 2.75) is 258 Å². The van der Waals surface area contributed by atoms with Gasteiger partial charge in [0.05, 0.1) is 0 Å². The van der Waals surface area contributed by atoms with Crippen LogP contribution in [0.5, 0.6) is 11.5 Å². The van der Waals surface area contributed by atoms with Crippen LogP contribution >= 0.6 is 0 Å². The molecular formula is C56H86O4. The van der Waals surface area contributed by atoms with E-state index < -0.39 is 0 Å². The van der Waals surface area contributed by atoms with Gasteiger partial charge in [0.15, 0.2) is 0 Å². The molecule has 0 saturated heterocycles. The Balaban J connectivity index is 1.93. The van der Waals surface area contributed by atoms with Crippen molar-refractivity contribution in [3.05, 3.63) is 24.3 Å². The maximum absolute atomic E-state index is 12.3. The van der Waals surface area contributed by atoms with E-state index in [1.807, 2.05) is 0 Å². The summed E-state index contributed by atoms with van der Waals surface area (Å²) in [6, 6.07) is 6.74. The fourth-order valence-electron chi connectivity index (χ4n) is 7.15. The second-order valence-electron chi connectivity index (χ2n) is 16.7. The van der Waals surface area contributed by atoms with Crippen molar-refractivity contribution in [1.82, 2.24) is 0 Å². The molecule has 334 valence electrons. The van der Waals surface area contributed by atoms with Crippen LogP contribution in [0.4, 0.5) is 0 Å². The van der Waals surface area contributed by atoms with Gasteiger partial charge >= 0.3 is 11.9 Å². The number of carbonyl (C=O) groups is 2. The molecule has 0 radical (unpaired) electrons. The molecular weight excluding hydrogens is 737 g/mol. The van der Waals surface area contributed by atoms with Crippen molar-refractivity contribution >= 4 is 11.9 Å². The van der Waals surface area contributed by atoms with Crippen LogP contribution in [0.2, 0.25) is 0 Å². The zero-order chi connectivity index (χ0) is 43.1. The number of unbranched alkanes of at least 4 members (excludes halogenated alkanes) is 32. The maximum Gasteiger partial charge on any atom is 0.311 e. The molecule has 4 heteroatoms. The van der Waals surface area contributed by atoms with E-state index in [4.69, 9.17) is 9.47 Å². The van der Waals surface area contributed by atoms with E-state index in [1.165, 1.54) is 128 Å². The molecule has 0 spiro atoms. The van der Waals surface area contributed by atoms with Gasteiger partial charge in [-0.1, -0.05) is 204 Å². The summed E-state index contributed by atoms with van der Waals surface area (Å²) in [7, 11) is 0. The molecule has 1 rings (SSSR count). The first-order chi connectivity index (χ1) is 29.7. The first-order valence-electron chi connectivity index (χ1n) is 25.1. The van der Waals surface area contributed by atoms with E-state index in [0.717, 1.165) is 103 Å². The normalized spacial score (nSPS) is 10.3. The number of carbonyl (C=O) groups excluding carboxylic acids is 2. The average Bonchev–Trinajstić information content (AvgIpc) is 3.25. The number of hydrogen-bond donors (Lipinski definition) is 0. The van der Waals surface area contributed by atoms with Crippen molar-refractivity contribution in [3.63, 3.8) is 0 Å². The quantitative estimate of drug-likeness (QED) is 0.0288. The molecule has 0 heterocycles. The van der Waals surface area contributed by atoms with Gasteiger partial charge in [0.25, 0.3) is 0 Å². The summed E-state index contributed by atoms with van der Waals surface area (Å²) in [5, 5.41) is 0. The van der Waals surface area contributed by atoms with Crippen LogP contribution in [0.1, 0.15) is 258 Å². The Labute approximate surface area is 370 Å². The molecule has 0 aliphatic rings. The minimum atomic E-state index is -0.225. The Morgan fingerprint density at radius 3 is 0.800 bits per heavy atom. The Kier molecular flexibility index (Phi) is 40.8. The summed E-state index contributed by atoms with van der Waals surface area (Å²) in [6.45, 7) is 4.55. The number of ether oxygens (including phenoxy) is 2. The van der Waals surface area contributed by atoms with Gasteiger partial charge in [0, 0.05) is 38.5 Å². The maximum atomic E-state index is 12.3. The number of rotatable bonds is 38. The fourth-order valence-corrected chi connectivity index (χ4v) is 7.15. The lowest BCUT2D eigenvalue weighted by atomic mass is 10.1. The van der Waals surface area contributed by atoms with Crippen molar-refractivity contribution < 1.29 is 19.1 Å². The first kappa shape index (κ1) is 54.4. The minimum absolute atomic E-state index is 0.225. The van der Waals surface area contributed by atoms with Gasteiger partial charge in [-0.05, 0) is 86.5 Å². The highest BCUT2D eigenvalue weighted by atomic mass is 16.5. The second kappa shape index (κ2) is 44.9. The largest absolute Gasteiger partial charge is 0.427 e. The molecule has 0 aliphatic carbocycles. The van der Waals surface area contributed by atoms with Crippen molar-refractivity contribution in [1.29, 1.82) is 0 Å². The lowest BCUT2D eigenvalue weighted by Crippen LogP contribution is -2.09. The summed E-state index contributed by atoms with van der Waals surface area (Å²) >= 11 is 0. The van der Waals surface area contributed by atoms with E-state index >= 15 is 0 Å². The van der Waals surface area contributed by atoms with E-state index in [0.29, 0.717) is 24.3 Å². The standard InChI is InChI=1S/C56H86O4/c1-3-5-7-9-11-13-15-17-19-21-23-25-27-29-31-33-35-37-39-41-43-45-47-55(57)59-53-49-51-54(52-50-53)60-56(58)48-46-44-42-40-38-36-34-32-30-28-26-24-22-20-18-16-14-12-10-8-6-4-2/h49-52H,3-24,33-48H2,1-2H3. The third-order valence-corrected chi connectivity index (χ3v) is 10.9. The summed E-state index contributed by atoms with van der Waals surface area (Å²) in [5.74, 6) is 25.4. The van der Waals surface area contributed by atoms with Crippen molar-refractivity contribution in [2.75, 3.05) is 0 Å².